The van der Waals surface area contributed by atoms with E-state index in [4.69, 9.17) is 0 Å². The second-order valence-electron chi connectivity index (χ2n) is 5.35. The predicted octanol–water partition coefficient (Wildman–Crippen LogP) is 4.38. The van der Waals surface area contributed by atoms with Crippen LogP contribution in [0.4, 0.5) is 11.5 Å². The summed E-state index contributed by atoms with van der Waals surface area (Å²) in [6, 6.07) is 11.0. The van der Waals surface area contributed by atoms with Crippen LogP contribution in [0.2, 0.25) is 0 Å². The average molecular weight is 345 g/mol. The number of nitrogens with zero attached hydrogens (tertiary/aromatic N) is 3. The maximum Gasteiger partial charge on any atom is 0.148 e. The molecule has 2 rings (SSSR count). The van der Waals surface area contributed by atoms with Gasteiger partial charge in [-0.2, -0.15) is 5.10 Å². The highest BCUT2D eigenvalue weighted by atomic mass is 35.5. The highest BCUT2D eigenvalue weighted by Gasteiger charge is 2.04. The average Bonchev–Trinajstić information content (AvgIpc) is 2.93. The molecule has 124 valence electrons. The van der Waals surface area contributed by atoms with Crippen molar-refractivity contribution < 1.29 is 0 Å². The van der Waals surface area contributed by atoms with Crippen LogP contribution in [-0.4, -0.2) is 23.9 Å². The fourth-order valence-corrected chi connectivity index (χ4v) is 1.97. The molecule has 1 atom stereocenters. The van der Waals surface area contributed by atoms with Crippen LogP contribution in [-0.2, 0) is 6.54 Å². The summed E-state index contributed by atoms with van der Waals surface area (Å²) in [5, 5.41) is 7.90. The van der Waals surface area contributed by atoms with E-state index in [-0.39, 0.29) is 24.8 Å². The van der Waals surface area contributed by atoms with Crippen LogP contribution in [0.3, 0.4) is 0 Å². The molecule has 4 nitrogen and oxygen atoms in total. The molecule has 2 aromatic rings. The van der Waals surface area contributed by atoms with E-state index in [0.29, 0.717) is 6.04 Å². The van der Waals surface area contributed by atoms with Crippen LogP contribution in [0.15, 0.2) is 36.5 Å². The van der Waals surface area contributed by atoms with Crippen molar-refractivity contribution in [1.29, 1.82) is 0 Å². The van der Waals surface area contributed by atoms with Crippen LogP contribution >= 0.6 is 24.8 Å². The van der Waals surface area contributed by atoms with E-state index in [1.165, 1.54) is 11.3 Å². The lowest BCUT2D eigenvalue weighted by atomic mass is 10.2. The highest BCUT2D eigenvalue weighted by molar-refractivity contribution is 5.85. The highest BCUT2D eigenvalue weighted by Crippen LogP contribution is 2.15. The van der Waals surface area contributed by atoms with E-state index >= 15 is 0 Å². The number of nitrogens with one attached hydrogen (secondary N) is 1. The first-order chi connectivity index (χ1) is 9.60. The Kier molecular flexibility index (Phi) is 8.99. The molecule has 1 aromatic heterocycles. The van der Waals surface area contributed by atoms with Crippen molar-refractivity contribution in [2.45, 2.75) is 32.9 Å². The number of halogens is 2. The van der Waals surface area contributed by atoms with Gasteiger partial charge in [0.15, 0.2) is 0 Å². The number of benzene rings is 1. The van der Waals surface area contributed by atoms with Crippen molar-refractivity contribution in [3.8, 4) is 0 Å². The first-order valence-corrected chi connectivity index (χ1v) is 7.15. The zero-order valence-corrected chi connectivity index (χ0v) is 15.2. The van der Waals surface area contributed by atoms with Crippen LogP contribution in [0.1, 0.15) is 31.9 Å². The molecule has 1 unspecified atom stereocenters. The van der Waals surface area contributed by atoms with Gasteiger partial charge in [0.25, 0.3) is 0 Å². The number of hydrogen-bond donors (Lipinski definition) is 1. The Balaban J connectivity index is 0.00000220. The van der Waals surface area contributed by atoms with Gasteiger partial charge < -0.3 is 10.2 Å². The Morgan fingerprint density at radius 1 is 1.14 bits per heavy atom. The summed E-state index contributed by atoms with van der Waals surface area (Å²) in [4.78, 5) is 2.10. The van der Waals surface area contributed by atoms with Crippen LogP contribution in [0.25, 0.3) is 0 Å². The van der Waals surface area contributed by atoms with E-state index in [9.17, 15) is 0 Å². The molecule has 0 saturated carbocycles. The summed E-state index contributed by atoms with van der Waals surface area (Å²) < 4.78 is 2.01. The number of aromatic nitrogens is 2. The van der Waals surface area contributed by atoms with Crippen LogP contribution in [0, 0.1) is 0 Å². The maximum atomic E-state index is 4.54. The molecule has 1 aromatic carbocycles. The minimum atomic E-state index is 0. The van der Waals surface area contributed by atoms with Crippen LogP contribution in [0.5, 0.6) is 0 Å². The van der Waals surface area contributed by atoms with Crippen molar-refractivity contribution in [2.24, 2.45) is 0 Å². The van der Waals surface area contributed by atoms with E-state index in [2.05, 4.69) is 67.5 Å². The predicted molar refractivity (Wildman–Crippen MR) is 99.8 cm³/mol. The Morgan fingerprint density at radius 3 is 2.32 bits per heavy atom. The second-order valence-corrected chi connectivity index (χ2v) is 5.35. The third-order valence-corrected chi connectivity index (χ3v) is 3.58. The van der Waals surface area contributed by atoms with Gasteiger partial charge in [-0.05, 0) is 31.0 Å². The van der Waals surface area contributed by atoms with Gasteiger partial charge in [-0.15, -0.1) is 24.8 Å². The number of anilines is 2. The molecular weight excluding hydrogens is 319 g/mol. The molecule has 0 bridgehead atoms. The van der Waals surface area contributed by atoms with Crippen molar-refractivity contribution in [3.63, 3.8) is 0 Å². The van der Waals surface area contributed by atoms with E-state index in [0.717, 1.165) is 18.8 Å². The standard InChI is InChI=1S/C16H24N4.2ClH/c1-5-13(2)20-11-10-16(18-20)17-12-14-6-8-15(9-7-14)19(3)4;;/h6-11,13H,5,12H2,1-4H3,(H,17,18);2*1H. The van der Waals surface area contributed by atoms with Crippen molar-refractivity contribution >= 4 is 36.3 Å². The van der Waals surface area contributed by atoms with Gasteiger partial charge in [0.05, 0.1) is 0 Å². The number of rotatable bonds is 6. The fourth-order valence-electron chi connectivity index (χ4n) is 1.97. The van der Waals surface area contributed by atoms with Gasteiger partial charge in [-0.3, -0.25) is 4.68 Å². The number of hydrogen-bond acceptors (Lipinski definition) is 3. The molecule has 0 aliphatic rings. The van der Waals surface area contributed by atoms with Crippen molar-refractivity contribution in [1.82, 2.24) is 9.78 Å². The molecule has 1 heterocycles. The molecule has 0 aliphatic heterocycles. The Labute approximate surface area is 145 Å². The summed E-state index contributed by atoms with van der Waals surface area (Å²) in [7, 11) is 4.10. The molecule has 22 heavy (non-hydrogen) atoms. The first kappa shape index (κ1) is 20.6. The molecule has 0 amide bonds. The third-order valence-electron chi connectivity index (χ3n) is 3.58. The minimum Gasteiger partial charge on any atom is -0.378 e. The Bertz CT molecular complexity index is 537. The minimum absolute atomic E-state index is 0. The summed E-state index contributed by atoms with van der Waals surface area (Å²) in [6.45, 7) is 5.15. The topological polar surface area (TPSA) is 33.1 Å². The second kappa shape index (κ2) is 9.59. The Hall–Kier alpha value is -1.39. The largest absolute Gasteiger partial charge is 0.378 e. The molecule has 0 radical (unpaired) electrons. The smallest absolute Gasteiger partial charge is 0.148 e. The maximum absolute atomic E-state index is 4.54. The molecule has 0 saturated heterocycles. The van der Waals surface area contributed by atoms with Gasteiger partial charge in [-0.1, -0.05) is 19.1 Å². The SMILES string of the molecule is CCC(C)n1ccc(NCc2ccc(N(C)C)cc2)n1.Cl.Cl. The summed E-state index contributed by atoms with van der Waals surface area (Å²) in [6.07, 6.45) is 3.12. The lowest BCUT2D eigenvalue weighted by Crippen LogP contribution is -2.09. The van der Waals surface area contributed by atoms with E-state index < -0.39 is 0 Å². The third kappa shape index (κ3) is 5.43. The summed E-state index contributed by atoms with van der Waals surface area (Å²) in [5.74, 6) is 0.932. The van der Waals surface area contributed by atoms with Gasteiger partial charge in [0.2, 0.25) is 0 Å². The molecule has 0 aliphatic carbocycles. The lowest BCUT2D eigenvalue weighted by molar-refractivity contribution is 0.479. The van der Waals surface area contributed by atoms with E-state index in [1.54, 1.807) is 0 Å². The molecule has 6 heteroatoms. The first-order valence-electron chi connectivity index (χ1n) is 7.15. The fraction of sp³-hybridized carbons (Fsp3) is 0.438. The molecule has 0 spiro atoms. The van der Waals surface area contributed by atoms with Crippen molar-refractivity contribution in [2.75, 3.05) is 24.3 Å². The quantitative estimate of drug-likeness (QED) is 0.844. The van der Waals surface area contributed by atoms with Crippen molar-refractivity contribution in [3.05, 3.63) is 42.1 Å². The van der Waals surface area contributed by atoms with Crippen LogP contribution < -0.4 is 10.2 Å². The van der Waals surface area contributed by atoms with E-state index in [1.807, 2.05) is 16.9 Å². The van der Waals surface area contributed by atoms with Gasteiger partial charge in [-0.25, -0.2) is 0 Å². The Morgan fingerprint density at radius 2 is 1.77 bits per heavy atom. The molecule has 1 N–H and O–H groups in total. The monoisotopic (exact) mass is 344 g/mol. The van der Waals surface area contributed by atoms with Gasteiger partial charge >= 0.3 is 0 Å². The normalized spacial score (nSPS) is 11.1. The summed E-state index contributed by atoms with van der Waals surface area (Å²) >= 11 is 0. The molecular formula is C16H26Cl2N4. The van der Waals surface area contributed by atoms with Gasteiger partial charge in [0.1, 0.15) is 5.82 Å². The lowest BCUT2D eigenvalue weighted by Gasteiger charge is -2.13. The summed E-state index contributed by atoms with van der Waals surface area (Å²) in [5.41, 5.74) is 2.48. The zero-order valence-electron chi connectivity index (χ0n) is 13.6. The zero-order chi connectivity index (χ0) is 14.5. The van der Waals surface area contributed by atoms with Gasteiger partial charge in [0, 0.05) is 44.6 Å². The molecule has 0 fully saturated rings.